The lowest BCUT2D eigenvalue weighted by molar-refractivity contribution is 0.407. The highest BCUT2D eigenvalue weighted by molar-refractivity contribution is 9.10. The Kier molecular flexibility index (Phi) is 4.45. The number of hydrogen-bond donors (Lipinski definition) is 1. The van der Waals surface area contributed by atoms with Gasteiger partial charge in [-0.25, -0.2) is 4.39 Å². The van der Waals surface area contributed by atoms with Crippen molar-refractivity contribution >= 4 is 15.9 Å². The summed E-state index contributed by atoms with van der Waals surface area (Å²) in [5, 5.41) is 0. The lowest BCUT2D eigenvalue weighted by Crippen LogP contribution is -2.14. The van der Waals surface area contributed by atoms with Gasteiger partial charge in [-0.05, 0) is 42.7 Å². The zero-order valence-corrected chi connectivity index (χ0v) is 13.3. The highest BCUT2D eigenvalue weighted by atomic mass is 79.9. The Bertz CT molecular complexity index is 619. The molecule has 2 rings (SSSR count). The van der Waals surface area contributed by atoms with E-state index in [4.69, 9.17) is 10.5 Å². The Labute approximate surface area is 126 Å². The van der Waals surface area contributed by atoms with Crippen LogP contribution in [0.1, 0.15) is 28.3 Å². The molecular weight excluding hydrogens is 321 g/mol. The van der Waals surface area contributed by atoms with Crippen molar-refractivity contribution in [2.24, 2.45) is 5.73 Å². The average molecular weight is 338 g/mol. The molecule has 0 heterocycles. The Hall–Kier alpha value is -1.39. The number of hydrogen-bond acceptors (Lipinski definition) is 2. The molecule has 0 aliphatic carbocycles. The minimum absolute atomic E-state index is 0.177. The minimum Gasteiger partial charge on any atom is -0.496 e. The van der Waals surface area contributed by atoms with Crippen LogP contribution >= 0.6 is 15.9 Å². The van der Waals surface area contributed by atoms with Gasteiger partial charge in [0.2, 0.25) is 0 Å². The average Bonchev–Trinajstić information content (AvgIpc) is 2.43. The molecule has 0 aliphatic heterocycles. The van der Waals surface area contributed by atoms with Crippen LogP contribution in [0.3, 0.4) is 0 Å². The molecule has 0 bridgehead atoms. The Morgan fingerprint density at radius 3 is 2.30 bits per heavy atom. The van der Waals surface area contributed by atoms with Gasteiger partial charge in [-0.15, -0.1) is 0 Å². The number of rotatable bonds is 3. The number of ether oxygens (including phenoxy) is 1. The molecule has 2 N–H and O–H groups in total. The third-order valence-electron chi connectivity index (χ3n) is 3.35. The Morgan fingerprint density at radius 1 is 1.15 bits per heavy atom. The van der Waals surface area contributed by atoms with Gasteiger partial charge in [0.05, 0.1) is 13.2 Å². The van der Waals surface area contributed by atoms with Crippen LogP contribution in [0.2, 0.25) is 0 Å². The van der Waals surface area contributed by atoms with Crippen LogP contribution < -0.4 is 10.5 Å². The van der Waals surface area contributed by atoms with Crippen LogP contribution in [0.25, 0.3) is 0 Å². The van der Waals surface area contributed by atoms with E-state index >= 15 is 0 Å². The summed E-state index contributed by atoms with van der Waals surface area (Å²) < 4.78 is 20.0. The highest BCUT2D eigenvalue weighted by Crippen LogP contribution is 2.32. The fourth-order valence-electron chi connectivity index (χ4n) is 2.28. The number of halogens is 2. The highest BCUT2D eigenvalue weighted by Gasteiger charge is 2.16. The second-order valence-electron chi connectivity index (χ2n) is 4.83. The summed E-state index contributed by atoms with van der Waals surface area (Å²) >= 11 is 3.40. The molecule has 1 unspecified atom stereocenters. The molecule has 2 aromatic rings. The predicted octanol–water partition coefficient (Wildman–Crippen LogP) is 4.26. The molecule has 0 saturated carbocycles. The molecule has 0 saturated heterocycles. The molecule has 0 radical (unpaired) electrons. The zero-order chi connectivity index (χ0) is 14.9. The monoisotopic (exact) mass is 337 g/mol. The predicted molar refractivity (Wildman–Crippen MR) is 82.6 cm³/mol. The van der Waals surface area contributed by atoms with Crippen molar-refractivity contribution in [2.45, 2.75) is 19.9 Å². The number of aryl methyl sites for hydroxylation is 2. The van der Waals surface area contributed by atoms with Crippen molar-refractivity contribution in [3.63, 3.8) is 0 Å². The van der Waals surface area contributed by atoms with E-state index in [1.165, 1.54) is 0 Å². The summed E-state index contributed by atoms with van der Waals surface area (Å²) in [6, 6.07) is 8.93. The van der Waals surface area contributed by atoms with Crippen molar-refractivity contribution in [2.75, 3.05) is 7.11 Å². The van der Waals surface area contributed by atoms with Gasteiger partial charge >= 0.3 is 0 Å². The fraction of sp³-hybridized carbons (Fsp3) is 0.250. The summed E-state index contributed by atoms with van der Waals surface area (Å²) in [5.41, 5.74) is 9.27. The van der Waals surface area contributed by atoms with Crippen LogP contribution in [0.15, 0.2) is 34.8 Å². The molecule has 2 aromatic carbocycles. The third-order valence-corrected chi connectivity index (χ3v) is 3.84. The van der Waals surface area contributed by atoms with E-state index in [-0.39, 0.29) is 11.9 Å². The van der Waals surface area contributed by atoms with Gasteiger partial charge in [0.25, 0.3) is 0 Å². The molecule has 106 valence electrons. The van der Waals surface area contributed by atoms with E-state index in [0.29, 0.717) is 16.9 Å². The fourth-order valence-corrected chi connectivity index (χ4v) is 2.62. The second-order valence-corrected chi connectivity index (χ2v) is 5.75. The first kappa shape index (κ1) is 15.0. The van der Waals surface area contributed by atoms with E-state index in [2.05, 4.69) is 15.9 Å². The minimum atomic E-state index is -0.351. The smallest absolute Gasteiger partial charge is 0.129 e. The summed E-state index contributed by atoms with van der Waals surface area (Å²) in [4.78, 5) is 0. The molecule has 0 spiro atoms. The van der Waals surface area contributed by atoms with Crippen molar-refractivity contribution in [3.05, 3.63) is 62.9 Å². The summed E-state index contributed by atoms with van der Waals surface area (Å²) in [7, 11) is 1.61. The van der Waals surface area contributed by atoms with Crippen LogP contribution in [-0.4, -0.2) is 7.11 Å². The largest absolute Gasteiger partial charge is 0.496 e. The first-order valence-electron chi connectivity index (χ1n) is 6.29. The maximum atomic E-state index is 13.7. The topological polar surface area (TPSA) is 35.2 Å². The molecule has 1 atom stereocenters. The van der Waals surface area contributed by atoms with Gasteiger partial charge in [0.1, 0.15) is 11.6 Å². The zero-order valence-electron chi connectivity index (χ0n) is 11.7. The first-order valence-corrected chi connectivity index (χ1v) is 7.09. The van der Waals surface area contributed by atoms with Crippen LogP contribution in [0.4, 0.5) is 4.39 Å². The number of benzene rings is 2. The molecule has 4 heteroatoms. The van der Waals surface area contributed by atoms with Crippen molar-refractivity contribution in [3.8, 4) is 5.75 Å². The second kappa shape index (κ2) is 5.94. The molecule has 0 aromatic heterocycles. The van der Waals surface area contributed by atoms with E-state index in [0.717, 1.165) is 15.6 Å². The maximum absolute atomic E-state index is 13.7. The van der Waals surface area contributed by atoms with Crippen LogP contribution in [0.5, 0.6) is 5.75 Å². The summed E-state index contributed by atoms with van der Waals surface area (Å²) in [6.45, 7) is 3.49. The quantitative estimate of drug-likeness (QED) is 0.907. The van der Waals surface area contributed by atoms with E-state index in [9.17, 15) is 4.39 Å². The van der Waals surface area contributed by atoms with Gasteiger partial charge in [0.15, 0.2) is 0 Å². The van der Waals surface area contributed by atoms with E-state index in [1.54, 1.807) is 33.1 Å². The third kappa shape index (κ3) is 2.86. The summed E-state index contributed by atoms with van der Waals surface area (Å²) in [6.07, 6.45) is 0. The molecule has 2 nitrogen and oxygen atoms in total. The summed E-state index contributed by atoms with van der Waals surface area (Å²) in [5.74, 6) is 0.537. The lowest BCUT2D eigenvalue weighted by atomic mass is 9.95. The van der Waals surface area contributed by atoms with Crippen molar-refractivity contribution in [1.82, 2.24) is 0 Å². The van der Waals surface area contributed by atoms with Gasteiger partial charge in [-0.3, -0.25) is 0 Å². The van der Waals surface area contributed by atoms with Gasteiger partial charge in [0, 0.05) is 10.0 Å². The van der Waals surface area contributed by atoms with Gasteiger partial charge in [-0.1, -0.05) is 34.1 Å². The van der Waals surface area contributed by atoms with Crippen LogP contribution in [-0.2, 0) is 0 Å². The van der Waals surface area contributed by atoms with Gasteiger partial charge < -0.3 is 10.5 Å². The maximum Gasteiger partial charge on any atom is 0.129 e. The van der Waals surface area contributed by atoms with Gasteiger partial charge in [-0.2, -0.15) is 0 Å². The molecular formula is C16H17BrFNO. The number of methoxy groups -OCH3 is 1. The van der Waals surface area contributed by atoms with Crippen LogP contribution in [0, 0.1) is 19.7 Å². The lowest BCUT2D eigenvalue weighted by Gasteiger charge is -2.18. The SMILES string of the molecule is COc1cc(Br)ccc1C(N)c1cc(C)c(F)c(C)c1. The Morgan fingerprint density at radius 2 is 1.75 bits per heavy atom. The van der Waals surface area contributed by atoms with Crippen molar-refractivity contribution in [1.29, 1.82) is 0 Å². The molecule has 0 amide bonds. The molecule has 0 fully saturated rings. The van der Waals surface area contributed by atoms with E-state index < -0.39 is 0 Å². The van der Waals surface area contributed by atoms with Crippen molar-refractivity contribution < 1.29 is 9.13 Å². The molecule has 20 heavy (non-hydrogen) atoms. The normalized spacial score (nSPS) is 12.3. The Balaban J connectivity index is 2.48. The standard InChI is InChI=1S/C16H17BrFNO/c1-9-6-11(7-10(2)15(9)18)16(19)13-5-4-12(17)8-14(13)20-3/h4-8,16H,19H2,1-3H3. The number of nitrogens with two attached hydrogens (primary N) is 1. The van der Waals surface area contributed by atoms with E-state index in [1.807, 2.05) is 18.2 Å². The molecule has 0 aliphatic rings. The first-order chi connectivity index (χ1) is 9.43.